The lowest BCUT2D eigenvalue weighted by Gasteiger charge is -2.26. The van der Waals surface area contributed by atoms with Gasteiger partial charge in [-0.15, -0.1) is 0 Å². The third-order valence-corrected chi connectivity index (χ3v) is 5.60. The number of nitrogens with zero attached hydrogens (tertiary/aromatic N) is 1. The number of nitrogens with one attached hydrogen (secondary N) is 2. The van der Waals surface area contributed by atoms with Crippen LogP contribution in [0.4, 0.5) is 30.7 Å². The molecule has 1 saturated carbocycles. The number of aliphatic hydroxyl groups is 1. The maximum atomic E-state index is 14.1. The van der Waals surface area contributed by atoms with Crippen molar-refractivity contribution in [3.8, 4) is 11.3 Å². The van der Waals surface area contributed by atoms with Gasteiger partial charge in [-0.25, -0.2) is 4.39 Å². The minimum Gasteiger partial charge on any atom is -0.393 e. The lowest BCUT2D eigenvalue weighted by Crippen LogP contribution is -2.41. The SMILES string of the molecule is C[C@H](NCc1c(C(=O)N[C@H]2CCC[C@@H](O)C2)noc1-c1ccc(C(F)(F)F)c(F)c1)C(F)(F)F. The third-order valence-electron chi connectivity index (χ3n) is 5.60. The number of hydrogen-bond acceptors (Lipinski definition) is 5. The van der Waals surface area contributed by atoms with Crippen molar-refractivity contribution in [2.45, 2.75) is 69.7 Å². The van der Waals surface area contributed by atoms with Crippen LogP contribution < -0.4 is 10.6 Å². The van der Waals surface area contributed by atoms with E-state index in [1.807, 2.05) is 0 Å². The van der Waals surface area contributed by atoms with Crippen LogP contribution in [-0.2, 0) is 12.7 Å². The highest BCUT2D eigenvalue weighted by molar-refractivity contribution is 5.95. The first kappa shape index (κ1) is 25.9. The molecule has 13 heteroatoms. The zero-order valence-corrected chi connectivity index (χ0v) is 17.9. The van der Waals surface area contributed by atoms with E-state index in [-0.39, 0.29) is 23.3 Å². The number of amides is 1. The molecule has 0 bridgehead atoms. The lowest BCUT2D eigenvalue weighted by atomic mass is 9.93. The molecule has 1 aliphatic rings. The fraction of sp³-hybridized carbons (Fsp3) is 0.524. The highest BCUT2D eigenvalue weighted by Crippen LogP contribution is 2.35. The predicted octanol–water partition coefficient (Wildman–Crippen LogP) is 4.57. The second kappa shape index (κ2) is 9.90. The van der Waals surface area contributed by atoms with Gasteiger partial charge in [0, 0.05) is 23.7 Å². The van der Waals surface area contributed by atoms with Gasteiger partial charge in [0.05, 0.1) is 11.7 Å². The van der Waals surface area contributed by atoms with Crippen molar-refractivity contribution in [3.63, 3.8) is 0 Å². The van der Waals surface area contributed by atoms with Crippen LogP contribution in [0.5, 0.6) is 0 Å². The Morgan fingerprint density at radius 2 is 1.94 bits per heavy atom. The van der Waals surface area contributed by atoms with Crippen molar-refractivity contribution in [1.29, 1.82) is 0 Å². The van der Waals surface area contributed by atoms with Gasteiger partial charge in [0.1, 0.15) is 11.9 Å². The summed E-state index contributed by atoms with van der Waals surface area (Å²) in [6.45, 7) is 0.256. The van der Waals surface area contributed by atoms with Gasteiger partial charge in [-0.3, -0.25) is 4.79 Å². The summed E-state index contributed by atoms with van der Waals surface area (Å²) in [5, 5.41) is 18.2. The first-order chi connectivity index (χ1) is 15.8. The Hall–Kier alpha value is -2.67. The molecule has 0 aliphatic heterocycles. The lowest BCUT2D eigenvalue weighted by molar-refractivity contribution is -0.151. The van der Waals surface area contributed by atoms with E-state index in [9.17, 15) is 40.6 Å². The maximum Gasteiger partial charge on any atom is 0.419 e. The molecule has 0 saturated heterocycles. The van der Waals surface area contributed by atoms with E-state index in [1.165, 1.54) is 0 Å². The number of aromatic nitrogens is 1. The van der Waals surface area contributed by atoms with Gasteiger partial charge in [-0.2, -0.15) is 26.3 Å². The molecule has 3 N–H and O–H groups in total. The van der Waals surface area contributed by atoms with Crippen LogP contribution in [-0.4, -0.2) is 40.5 Å². The standard InChI is InChI=1S/C21H22F7N3O3/c1-10(20(23,24)25)29-9-14-17(19(33)30-12-3-2-4-13(32)8-12)31-34-18(14)11-5-6-15(16(22)7-11)21(26,27)28/h5-7,10,12-13,29,32H,2-4,8-9H2,1H3,(H,30,33)/t10-,12-,13+/m0/s1. The van der Waals surface area contributed by atoms with Crippen LogP contribution in [0.2, 0.25) is 0 Å². The summed E-state index contributed by atoms with van der Waals surface area (Å²) in [5.41, 5.74) is -2.34. The molecule has 2 aromatic rings. The molecule has 0 unspecified atom stereocenters. The van der Waals surface area contributed by atoms with E-state index >= 15 is 0 Å². The molecule has 0 spiro atoms. The summed E-state index contributed by atoms with van der Waals surface area (Å²) < 4.78 is 96.7. The summed E-state index contributed by atoms with van der Waals surface area (Å²) >= 11 is 0. The average Bonchev–Trinajstić information content (AvgIpc) is 3.14. The Labute approximate surface area is 189 Å². The number of halogens is 7. The Morgan fingerprint density at radius 3 is 2.53 bits per heavy atom. The van der Waals surface area contributed by atoms with Crippen molar-refractivity contribution in [2.24, 2.45) is 0 Å². The van der Waals surface area contributed by atoms with E-state index in [2.05, 4.69) is 15.8 Å². The monoisotopic (exact) mass is 497 g/mol. The van der Waals surface area contributed by atoms with E-state index in [0.717, 1.165) is 13.0 Å². The molecular formula is C21H22F7N3O3. The number of rotatable bonds is 6. The van der Waals surface area contributed by atoms with Crippen molar-refractivity contribution in [3.05, 3.63) is 40.8 Å². The maximum absolute atomic E-state index is 14.1. The Morgan fingerprint density at radius 1 is 1.24 bits per heavy atom. The second-order valence-electron chi connectivity index (χ2n) is 8.17. The molecule has 3 rings (SSSR count). The molecule has 1 heterocycles. The number of carbonyl (C=O) groups is 1. The van der Waals surface area contributed by atoms with Crippen molar-refractivity contribution in [2.75, 3.05) is 0 Å². The zero-order valence-electron chi connectivity index (χ0n) is 17.9. The van der Waals surface area contributed by atoms with E-state index in [0.29, 0.717) is 31.4 Å². The first-order valence-corrected chi connectivity index (χ1v) is 10.4. The van der Waals surface area contributed by atoms with Crippen molar-refractivity contribution >= 4 is 5.91 Å². The highest BCUT2D eigenvalue weighted by Gasteiger charge is 2.37. The van der Waals surface area contributed by atoms with Gasteiger partial charge >= 0.3 is 12.4 Å². The number of alkyl halides is 6. The fourth-order valence-corrected chi connectivity index (χ4v) is 3.68. The van der Waals surface area contributed by atoms with Gasteiger partial charge in [0.25, 0.3) is 5.91 Å². The third kappa shape index (κ3) is 6.06. The van der Waals surface area contributed by atoms with Gasteiger partial charge in [0.15, 0.2) is 11.5 Å². The predicted molar refractivity (Wildman–Crippen MR) is 105 cm³/mol. The molecule has 0 radical (unpaired) electrons. The Kier molecular flexibility index (Phi) is 7.56. The minimum absolute atomic E-state index is 0.177. The van der Waals surface area contributed by atoms with Gasteiger partial charge in [-0.05, 0) is 44.7 Å². The highest BCUT2D eigenvalue weighted by atomic mass is 19.4. The number of carbonyl (C=O) groups excluding carboxylic acids is 1. The largest absolute Gasteiger partial charge is 0.419 e. The van der Waals surface area contributed by atoms with Crippen LogP contribution in [0.3, 0.4) is 0 Å². The molecule has 34 heavy (non-hydrogen) atoms. The number of hydrogen-bond donors (Lipinski definition) is 3. The van der Waals surface area contributed by atoms with Crippen molar-refractivity contribution < 1.29 is 45.2 Å². The zero-order chi connectivity index (χ0) is 25.3. The van der Waals surface area contributed by atoms with Crippen LogP contribution in [0, 0.1) is 5.82 Å². The van der Waals surface area contributed by atoms with E-state index in [4.69, 9.17) is 4.52 Å². The van der Waals surface area contributed by atoms with Crippen LogP contribution in [0.15, 0.2) is 22.7 Å². The number of aliphatic hydroxyl groups excluding tert-OH is 1. The van der Waals surface area contributed by atoms with Gasteiger partial charge in [0.2, 0.25) is 0 Å². The summed E-state index contributed by atoms with van der Waals surface area (Å²) in [5.74, 6) is -2.76. The summed E-state index contributed by atoms with van der Waals surface area (Å²) in [7, 11) is 0. The summed E-state index contributed by atoms with van der Waals surface area (Å²) in [6.07, 6.45) is -8.11. The van der Waals surface area contributed by atoms with Gasteiger partial charge in [-0.1, -0.05) is 11.2 Å². The summed E-state index contributed by atoms with van der Waals surface area (Å²) in [6, 6.07) is -0.549. The Bertz CT molecular complexity index is 1020. The first-order valence-electron chi connectivity index (χ1n) is 10.4. The molecule has 1 aliphatic carbocycles. The van der Waals surface area contributed by atoms with Crippen LogP contribution in [0.25, 0.3) is 11.3 Å². The normalized spacial score (nSPS) is 20.3. The molecule has 1 amide bonds. The van der Waals surface area contributed by atoms with Crippen LogP contribution >= 0.6 is 0 Å². The smallest absolute Gasteiger partial charge is 0.393 e. The average molecular weight is 497 g/mol. The number of benzene rings is 1. The second-order valence-corrected chi connectivity index (χ2v) is 8.17. The van der Waals surface area contributed by atoms with E-state index in [1.54, 1.807) is 0 Å². The molecule has 1 aromatic carbocycles. The van der Waals surface area contributed by atoms with E-state index < -0.39 is 60.1 Å². The minimum atomic E-state index is -4.95. The van der Waals surface area contributed by atoms with Gasteiger partial charge < -0.3 is 20.3 Å². The quantitative estimate of drug-likeness (QED) is 0.509. The van der Waals surface area contributed by atoms with Crippen LogP contribution in [0.1, 0.15) is 54.2 Å². The van der Waals surface area contributed by atoms with Crippen molar-refractivity contribution in [1.82, 2.24) is 15.8 Å². The molecule has 3 atom stereocenters. The molecular weight excluding hydrogens is 475 g/mol. The fourth-order valence-electron chi connectivity index (χ4n) is 3.68. The molecule has 6 nitrogen and oxygen atoms in total. The summed E-state index contributed by atoms with van der Waals surface area (Å²) in [4.78, 5) is 12.8. The Balaban J connectivity index is 1.94. The molecule has 188 valence electrons. The molecule has 1 fully saturated rings. The molecule has 1 aromatic heterocycles. The topological polar surface area (TPSA) is 87.4 Å².